The van der Waals surface area contributed by atoms with Gasteiger partial charge >= 0.3 is 0 Å². The van der Waals surface area contributed by atoms with Gasteiger partial charge in [-0.3, -0.25) is 9.69 Å². The number of hydrogen-bond donors (Lipinski definition) is 1. The number of benzene rings is 2. The van der Waals surface area contributed by atoms with Gasteiger partial charge in [-0.25, -0.2) is 4.39 Å². The molecule has 2 heterocycles. The maximum atomic E-state index is 13.1. The molecule has 3 aliphatic rings. The molecule has 0 saturated carbocycles. The number of halogens is 1. The lowest BCUT2D eigenvalue weighted by atomic mass is 9.90. The maximum Gasteiger partial charge on any atom is 0.265 e. The Bertz CT molecular complexity index is 923. The van der Waals surface area contributed by atoms with Gasteiger partial charge in [0.1, 0.15) is 11.6 Å². The lowest BCUT2D eigenvalue weighted by Crippen LogP contribution is -2.48. The van der Waals surface area contributed by atoms with E-state index in [4.69, 9.17) is 4.74 Å². The van der Waals surface area contributed by atoms with Crippen LogP contribution < -0.4 is 15.0 Å². The number of piperazine rings is 1. The summed E-state index contributed by atoms with van der Waals surface area (Å²) in [7, 11) is 0. The Labute approximate surface area is 176 Å². The molecular formula is C24H28FN3O2. The van der Waals surface area contributed by atoms with E-state index in [0.717, 1.165) is 62.7 Å². The number of rotatable bonds is 4. The van der Waals surface area contributed by atoms with Crippen molar-refractivity contribution in [2.24, 2.45) is 0 Å². The molecule has 1 N–H and O–H groups in total. The van der Waals surface area contributed by atoms with Gasteiger partial charge < -0.3 is 15.0 Å². The Kier molecular flexibility index (Phi) is 5.34. The lowest BCUT2D eigenvalue weighted by molar-refractivity contribution is -0.124. The molecule has 1 aliphatic carbocycles. The molecule has 1 atom stereocenters. The average Bonchev–Trinajstić information content (AvgIpc) is 2.77. The van der Waals surface area contributed by atoms with Crippen LogP contribution in [0.4, 0.5) is 15.8 Å². The Balaban J connectivity index is 1.16. The quantitative estimate of drug-likeness (QED) is 0.838. The fourth-order valence-electron chi connectivity index (χ4n) is 4.75. The molecule has 2 aromatic carbocycles. The molecule has 0 bridgehead atoms. The van der Waals surface area contributed by atoms with E-state index in [9.17, 15) is 9.18 Å². The second-order valence-corrected chi connectivity index (χ2v) is 8.51. The van der Waals surface area contributed by atoms with Crippen LogP contribution in [-0.4, -0.2) is 49.6 Å². The largest absolute Gasteiger partial charge is 0.478 e. The van der Waals surface area contributed by atoms with E-state index in [1.165, 1.54) is 36.1 Å². The van der Waals surface area contributed by atoms with Gasteiger partial charge in [-0.2, -0.15) is 0 Å². The van der Waals surface area contributed by atoms with Crippen LogP contribution in [-0.2, 0) is 17.6 Å². The highest BCUT2D eigenvalue weighted by Crippen LogP contribution is 2.36. The highest BCUT2D eigenvalue weighted by molar-refractivity contribution is 5.98. The van der Waals surface area contributed by atoms with Gasteiger partial charge in [-0.15, -0.1) is 0 Å². The first-order valence-electron chi connectivity index (χ1n) is 11.0. The molecular weight excluding hydrogens is 381 g/mol. The van der Waals surface area contributed by atoms with Crippen LogP contribution in [0.5, 0.6) is 5.75 Å². The first-order valence-corrected chi connectivity index (χ1v) is 11.0. The third-order valence-electron chi connectivity index (χ3n) is 6.54. The number of hydrogen-bond acceptors (Lipinski definition) is 4. The van der Waals surface area contributed by atoms with Crippen molar-refractivity contribution >= 4 is 17.3 Å². The predicted molar refractivity (Wildman–Crippen MR) is 116 cm³/mol. The minimum atomic E-state index is -0.436. The van der Waals surface area contributed by atoms with E-state index < -0.39 is 6.10 Å². The van der Waals surface area contributed by atoms with E-state index in [2.05, 4.69) is 27.2 Å². The van der Waals surface area contributed by atoms with Crippen molar-refractivity contribution in [2.75, 3.05) is 42.9 Å². The molecule has 6 heteroatoms. The summed E-state index contributed by atoms with van der Waals surface area (Å²) in [4.78, 5) is 17.2. The summed E-state index contributed by atoms with van der Waals surface area (Å²) in [5, 5.41) is 3.06. The van der Waals surface area contributed by atoms with E-state index in [-0.39, 0.29) is 11.7 Å². The summed E-state index contributed by atoms with van der Waals surface area (Å²) in [6.07, 6.45) is 4.88. The second kappa shape index (κ2) is 8.26. The number of carbonyl (C=O) groups excluding carboxylic acids is 1. The van der Waals surface area contributed by atoms with Crippen LogP contribution >= 0.6 is 0 Å². The number of fused-ring (bicyclic) bond motifs is 2. The molecule has 0 aromatic heterocycles. The fraction of sp³-hybridized carbons (Fsp3) is 0.458. The summed E-state index contributed by atoms with van der Waals surface area (Å²) < 4.78 is 19.2. The Morgan fingerprint density at radius 1 is 1.00 bits per heavy atom. The first-order chi connectivity index (χ1) is 14.7. The SMILES string of the molecule is O=C1Nc2cc3c(cc2OC1CCN1CCN(c2ccc(F)cc2)CC1)CCCC3. The summed E-state index contributed by atoms with van der Waals surface area (Å²) in [5.41, 5.74) is 4.60. The third-order valence-corrected chi connectivity index (χ3v) is 6.54. The zero-order valence-electron chi connectivity index (χ0n) is 17.2. The highest BCUT2D eigenvalue weighted by atomic mass is 19.1. The van der Waals surface area contributed by atoms with Crippen molar-refractivity contribution in [2.45, 2.75) is 38.2 Å². The monoisotopic (exact) mass is 409 g/mol. The molecule has 158 valence electrons. The van der Waals surface area contributed by atoms with E-state index in [1.807, 2.05) is 12.1 Å². The van der Waals surface area contributed by atoms with Gasteiger partial charge in [0, 0.05) is 44.8 Å². The number of carbonyl (C=O) groups is 1. The summed E-state index contributed by atoms with van der Waals surface area (Å²) >= 11 is 0. The molecule has 0 radical (unpaired) electrons. The summed E-state index contributed by atoms with van der Waals surface area (Å²) in [6.45, 7) is 4.48. The van der Waals surface area contributed by atoms with Gasteiger partial charge in [-0.05, 0) is 73.2 Å². The van der Waals surface area contributed by atoms with Crippen molar-refractivity contribution in [1.29, 1.82) is 0 Å². The van der Waals surface area contributed by atoms with Crippen LogP contribution in [0.1, 0.15) is 30.4 Å². The van der Waals surface area contributed by atoms with Gasteiger partial charge in [0.2, 0.25) is 0 Å². The molecule has 1 fully saturated rings. The highest BCUT2D eigenvalue weighted by Gasteiger charge is 2.30. The van der Waals surface area contributed by atoms with Gasteiger partial charge in [0.15, 0.2) is 6.10 Å². The molecule has 1 saturated heterocycles. The Morgan fingerprint density at radius 2 is 1.70 bits per heavy atom. The topological polar surface area (TPSA) is 44.8 Å². The molecule has 0 spiro atoms. The number of nitrogens with one attached hydrogen (secondary N) is 1. The van der Waals surface area contributed by atoms with Gasteiger partial charge in [0.25, 0.3) is 5.91 Å². The number of amides is 1. The van der Waals surface area contributed by atoms with Crippen LogP contribution in [0.15, 0.2) is 36.4 Å². The molecule has 5 rings (SSSR count). The van der Waals surface area contributed by atoms with Crippen LogP contribution in [0.3, 0.4) is 0 Å². The first kappa shape index (κ1) is 19.4. The number of ether oxygens (including phenoxy) is 1. The molecule has 1 unspecified atom stereocenters. The molecule has 5 nitrogen and oxygen atoms in total. The van der Waals surface area contributed by atoms with Crippen molar-refractivity contribution < 1.29 is 13.9 Å². The zero-order chi connectivity index (χ0) is 20.5. The van der Waals surface area contributed by atoms with Crippen LogP contribution in [0.2, 0.25) is 0 Å². The standard InChI is InChI=1S/C24H28FN3O2/c25-19-5-7-20(8-6-19)28-13-11-27(12-14-28)10-9-22-24(29)26-21-15-17-3-1-2-4-18(17)16-23(21)30-22/h5-8,15-16,22H,1-4,9-14H2,(H,26,29). The normalized spacial score (nSPS) is 21.4. The van der Waals surface area contributed by atoms with Crippen molar-refractivity contribution in [1.82, 2.24) is 4.90 Å². The van der Waals surface area contributed by atoms with E-state index in [0.29, 0.717) is 6.42 Å². The van der Waals surface area contributed by atoms with Gasteiger partial charge in [0.05, 0.1) is 5.69 Å². The summed E-state index contributed by atoms with van der Waals surface area (Å²) in [6, 6.07) is 10.9. The minimum absolute atomic E-state index is 0.0387. The smallest absolute Gasteiger partial charge is 0.265 e. The van der Waals surface area contributed by atoms with E-state index in [1.54, 1.807) is 0 Å². The maximum absolute atomic E-state index is 13.1. The van der Waals surface area contributed by atoms with Crippen molar-refractivity contribution in [3.8, 4) is 5.75 Å². The zero-order valence-corrected chi connectivity index (χ0v) is 17.2. The van der Waals surface area contributed by atoms with Crippen molar-refractivity contribution in [3.05, 3.63) is 53.3 Å². The van der Waals surface area contributed by atoms with Gasteiger partial charge in [-0.1, -0.05) is 0 Å². The number of anilines is 2. The number of aryl methyl sites for hydroxylation is 2. The lowest BCUT2D eigenvalue weighted by Gasteiger charge is -2.37. The second-order valence-electron chi connectivity index (χ2n) is 8.51. The molecule has 2 aromatic rings. The predicted octanol–water partition coefficient (Wildman–Crippen LogP) is 3.62. The van der Waals surface area contributed by atoms with Crippen molar-refractivity contribution in [3.63, 3.8) is 0 Å². The van der Waals surface area contributed by atoms with E-state index >= 15 is 0 Å². The summed E-state index contributed by atoms with van der Waals surface area (Å²) in [5.74, 6) is 0.579. The minimum Gasteiger partial charge on any atom is -0.478 e. The van der Waals surface area contributed by atoms with Crippen LogP contribution in [0, 0.1) is 5.82 Å². The fourth-order valence-corrected chi connectivity index (χ4v) is 4.75. The average molecular weight is 410 g/mol. The van der Waals surface area contributed by atoms with Crippen LogP contribution in [0.25, 0.3) is 0 Å². The molecule has 2 aliphatic heterocycles. The molecule has 30 heavy (non-hydrogen) atoms. The number of nitrogens with zero attached hydrogens (tertiary/aromatic N) is 2. The Hall–Kier alpha value is -2.60. The Morgan fingerprint density at radius 3 is 2.43 bits per heavy atom. The molecule has 1 amide bonds. The third kappa shape index (κ3) is 4.01.